The number of nitrogens with one attached hydrogen (secondary N) is 1. The topological polar surface area (TPSA) is 73.4 Å². The summed E-state index contributed by atoms with van der Waals surface area (Å²) in [5.41, 5.74) is 0.878. The van der Waals surface area contributed by atoms with Crippen LogP contribution in [0.3, 0.4) is 0 Å². The Morgan fingerprint density at radius 1 is 1.60 bits per heavy atom. The van der Waals surface area contributed by atoms with Gasteiger partial charge < -0.3 is 15.0 Å². The molecule has 0 radical (unpaired) electrons. The molecule has 2 N–H and O–H groups in total. The molecule has 5 nitrogen and oxygen atoms in total. The summed E-state index contributed by atoms with van der Waals surface area (Å²) < 4.78 is 0. The Morgan fingerprint density at radius 3 is 2.73 bits per heavy atom. The van der Waals surface area contributed by atoms with E-state index in [2.05, 4.69) is 4.98 Å². The number of hydrogen-bond acceptors (Lipinski definition) is 2. The molecule has 1 rings (SSSR count). The average Bonchev–Trinajstić information content (AvgIpc) is 2.67. The molecule has 0 aliphatic carbocycles. The van der Waals surface area contributed by atoms with Gasteiger partial charge in [0.05, 0.1) is 6.54 Å². The van der Waals surface area contributed by atoms with Crippen molar-refractivity contribution in [1.82, 2.24) is 9.88 Å². The van der Waals surface area contributed by atoms with Gasteiger partial charge in [0, 0.05) is 18.9 Å². The lowest BCUT2D eigenvalue weighted by Gasteiger charge is -2.18. The minimum atomic E-state index is -1.10. The Labute approximate surface area is 87.7 Å². The van der Waals surface area contributed by atoms with E-state index < -0.39 is 17.8 Å². The summed E-state index contributed by atoms with van der Waals surface area (Å²) in [6, 6.07) is 3.67. The Morgan fingerprint density at radius 2 is 2.27 bits per heavy atom. The minimum Gasteiger partial charge on any atom is -0.481 e. The van der Waals surface area contributed by atoms with Gasteiger partial charge in [0.1, 0.15) is 5.92 Å². The zero-order valence-corrected chi connectivity index (χ0v) is 8.73. The molecule has 1 amide bonds. The van der Waals surface area contributed by atoms with Gasteiger partial charge in [-0.15, -0.1) is 0 Å². The highest BCUT2D eigenvalue weighted by Crippen LogP contribution is 2.05. The van der Waals surface area contributed by atoms with Crippen molar-refractivity contribution < 1.29 is 14.7 Å². The van der Waals surface area contributed by atoms with Gasteiger partial charge >= 0.3 is 5.97 Å². The van der Waals surface area contributed by atoms with Crippen molar-refractivity contribution >= 4 is 11.9 Å². The number of hydrogen-bond donors (Lipinski definition) is 2. The van der Waals surface area contributed by atoms with E-state index in [-0.39, 0.29) is 0 Å². The number of carbonyl (C=O) groups is 2. The fraction of sp³-hybridized carbons (Fsp3) is 0.400. The minimum absolute atomic E-state index is 0.392. The number of aromatic nitrogens is 1. The monoisotopic (exact) mass is 210 g/mol. The molecule has 0 aliphatic heterocycles. The molecule has 1 unspecified atom stereocenters. The van der Waals surface area contributed by atoms with Crippen molar-refractivity contribution in [2.75, 3.05) is 7.05 Å². The van der Waals surface area contributed by atoms with E-state index in [4.69, 9.17) is 5.11 Å². The third kappa shape index (κ3) is 2.83. The van der Waals surface area contributed by atoms with Crippen LogP contribution in [0.25, 0.3) is 0 Å². The lowest BCUT2D eigenvalue weighted by molar-refractivity contribution is -0.149. The maximum absolute atomic E-state index is 11.5. The Bertz CT molecular complexity index is 346. The highest BCUT2D eigenvalue weighted by Gasteiger charge is 2.23. The summed E-state index contributed by atoms with van der Waals surface area (Å²) in [4.78, 5) is 26.5. The van der Waals surface area contributed by atoms with E-state index in [1.54, 1.807) is 13.2 Å². The molecule has 0 aliphatic rings. The molecule has 15 heavy (non-hydrogen) atoms. The van der Waals surface area contributed by atoms with Crippen molar-refractivity contribution in [2.24, 2.45) is 5.92 Å². The number of nitrogens with zero attached hydrogens (tertiary/aromatic N) is 1. The molecule has 0 bridgehead atoms. The van der Waals surface area contributed by atoms with Crippen LogP contribution in [-0.2, 0) is 16.1 Å². The maximum atomic E-state index is 11.5. The second-order valence-corrected chi connectivity index (χ2v) is 3.45. The summed E-state index contributed by atoms with van der Waals surface area (Å²) in [7, 11) is 1.59. The normalized spacial score (nSPS) is 12.1. The first-order valence-corrected chi connectivity index (χ1v) is 4.62. The second-order valence-electron chi connectivity index (χ2n) is 3.45. The van der Waals surface area contributed by atoms with E-state index in [1.807, 2.05) is 12.1 Å². The maximum Gasteiger partial charge on any atom is 0.315 e. The fourth-order valence-corrected chi connectivity index (χ4v) is 1.24. The molecule has 0 saturated carbocycles. The number of amides is 1. The lowest BCUT2D eigenvalue weighted by atomic mass is 10.1. The lowest BCUT2D eigenvalue weighted by Crippen LogP contribution is -2.35. The van der Waals surface area contributed by atoms with Gasteiger partial charge in [-0.1, -0.05) is 0 Å². The van der Waals surface area contributed by atoms with Gasteiger partial charge in [0.15, 0.2) is 0 Å². The highest BCUT2D eigenvalue weighted by atomic mass is 16.4. The standard InChI is InChI=1S/C10H14N2O3/c1-7(10(14)15)9(13)12(2)6-8-4-3-5-11-8/h3-5,7,11H,6H2,1-2H3,(H,14,15). The van der Waals surface area contributed by atoms with E-state index in [9.17, 15) is 9.59 Å². The number of H-pyrrole nitrogens is 1. The number of aliphatic carboxylic acids is 1. The molecule has 0 spiro atoms. The van der Waals surface area contributed by atoms with Gasteiger partial charge in [-0.3, -0.25) is 9.59 Å². The van der Waals surface area contributed by atoms with Crippen molar-refractivity contribution in [3.63, 3.8) is 0 Å². The molecule has 5 heteroatoms. The molecular formula is C10H14N2O3. The summed E-state index contributed by atoms with van der Waals surface area (Å²) in [5, 5.41) is 8.67. The first-order valence-electron chi connectivity index (χ1n) is 4.62. The smallest absolute Gasteiger partial charge is 0.315 e. The van der Waals surface area contributed by atoms with Crippen molar-refractivity contribution in [3.8, 4) is 0 Å². The number of aromatic amines is 1. The van der Waals surface area contributed by atoms with Crippen molar-refractivity contribution in [3.05, 3.63) is 24.0 Å². The molecule has 1 aromatic heterocycles. The van der Waals surface area contributed by atoms with Gasteiger partial charge in [-0.2, -0.15) is 0 Å². The zero-order valence-electron chi connectivity index (χ0n) is 8.73. The summed E-state index contributed by atoms with van der Waals surface area (Å²) >= 11 is 0. The number of carboxylic acids is 1. The largest absolute Gasteiger partial charge is 0.481 e. The highest BCUT2D eigenvalue weighted by molar-refractivity contribution is 5.96. The van der Waals surface area contributed by atoms with Crippen LogP contribution in [0.4, 0.5) is 0 Å². The average molecular weight is 210 g/mol. The Balaban J connectivity index is 2.57. The van der Waals surface area contributed by atoms with E-state index in [0.29, 0.717) is 6.54 Å². The van der Waals surface area contributed by atoms with Crippen LogP contribution in [-0.4, -0.2) is 33.9 Å². The van der Waals surface area contributed by atoms with Gasteiger partial charge in [-0.05, 0) is 19.1 Å². The van der Waals surface area contributed by atoms with Crippen LogP contribution in [0, 0.1) is 5.92 Å². The van der Waals surface area contributed by atoms with Gasteiger partial charge in [0.25, 0.3) is 0 Å². The Hall–Kier alpha value is -1.78. The van der Waals surface area contributed by atoms with E-state index in [1.165, 1.54) is 11.8 Å². The van der Waals surface area contributed by atoms with E-state index in [0.717, 1.165) is 5.69 Å². The SMILES string of the molecule is CC(C(=O)O)C(=O)N(C)Cc1ccc[nH]1. The number of rotatable bonds is 4. The van der Waals surface area contributed by atoms with Crippen LogP contribution >= 0.6 is 0 Å². The van der Waals surface area contributed by atoms with Crippen LogP contribution in [0.2, 0.25) is 0 Å². The first kappa shape index (κ1) is 11.3. The van der Waals surface area contributed by atoms with Crippen LogP contribution in [0.1, 0.15) is 12.6 Å². The molecule has 1 heterocycles. The van der Waals surface area contributed by atoms with Crippen LogP contribution < -0.4 is 0 Å². The number of carboxylic acid groups (broad SMARTS) is 1. The number of carbonyl (C=O) groups excluding carboxylic acids is 1. The third-order valence-electron chi connectivity index (χ3n) is 2.19. The van der Waals surface area contributed by atoms with E-state index >= 15 is 0 Å². The molecule has 0 fully saturated rings. The van der Waals surface area contributed by atoms with Gasteiger partial charge in [-0.25, -0.2) is 0 Å². The summed E-state index contributed by atoms with van der Waals surface area (Å²) in [5.74, 6) is -2.49. The van der Waals surface area contributed by atoms with Crippen molar-refractivity contribution in [2.45, 2.75) is 13.5 Å². The molecule has 82 valence electrons. The summed E-state index contributed by atoms with van der Waals surface area (Å²) in [6.07, 6.45) is 1.76. The van der Waals surface area contributed by atoms with Crippen molar-refractivity contribution in [1.29, 1.82) is 0 Å². The molecule has 0 saturated heterocycles. The molecular weight excluding hydrogens is 196 g/mol. The quantitative estimate of drug-likeness (QED) is 0.718. The predicted molar refractivity (Wildman–Crippen MR) is 54.1 cm³/mol. The first-order chi connectivity index (χ1) is 7.02. The van der Waals surface area contributed by atoms with Gasteiger partial charge in [0.2, 0.25) is 5.91 Å². The Kier molecular flexibility index (Phi) is 3.49. The summed E-state index contributed by atoms with van der Waals surface area (Å²) in [6.45, 7) is 1.78. The van der Waals surface area contributed by atoms with Crippen LogP contribution in [0.15, 0.2) is 18.3 Å². The predicted octanol–water partition coefficient (Wildman–Crippen LogP) is 0.694. The third-order valence-corrected chi connectivity index (χ3v) is 2.19. The molecule has 1 atom stereocenters. The van der Waals surface area contributed by atoms with Crippen LogP contribution in [0.5, 0.6) is 0 Å². The fourth-order valence-electron chi connectivity index (χ4n) is 1.24. The zero-order chi connectivity index (χ0) is 11.4. The molecule has 1 aromatic rings. The molecule has 0 aromatic carbocycles. The second kappa shape index (κ2) is 4.63.